The molecule has 0 saturated carbocycles. The van der Waals surface area contributed by atoms with Crippen molar-refractivity contribution in [2.75, 3.05) is 5.32 Å². The first-order valence-electron chi connectivity index (χ1n) is 5.61. The van der Waals surface area contributed by atoms with E-state index in [2.05, 4.69) is 5.32 Å². The molecule has 2 rings (SSSR count). The molecule has 0 radical (unpaired) electrons. The Morgan fingerprint density at radius 2 is 1.53 bits per heavy atom. The summed E-state index contributed by atoms with van der Waals surface area (Å²) in [4.78, 5) is 0. The third kappa shape index (κ3) is 3.70. The van der Waals surface area contributed by atoms with Gasteiger partial charge in [-0.25, -0.2) is 0 Å². The van der Waals surface area contributed by atoms with E-state index in [1.165, 1.54) is 0 Å². The molecule has 0 unspecified atom stereocenters. The predicted molar refractivity (Wildman–Crippen MR) is 85.0 cm³/mol. The van der Waals surface area contributed by atoms with Gasteiger partial charge in [0.2, 0.25) is 0 Å². The Morgan fingerprint density at radius 3 is 2.21 bits per heavy atom. The van der Waals surface area contributed by atoms with Crippen LogP contribution in [-0.4, -0.2) is 0 Å². The molecule has 0 bridgehead atoms. The zero-order chi connectivity index (χ0) is 14.0. The molecule has 2 aromatic carbocycles. The fraction of sp³-hybridized carbons (Fsp3) is 0.143. The van der Waals surface area contributed by atoms with Crippen molar-refractivity contribution in [2.45, 2.75) is 13.5 Å². The molecule has 19 heavy (non-hydrogen) atoms. The van der Waals surface area contributed by atoms with Crippen LogP contribution in [0, 0.1) is 6.92 Å². The normalized spacial score (nSPS) is 10.6. The van der Waals surface area contributed by atoms with Crippen LogP contribution < -0.4 is 5.32 Å². The molecule has 0 aliphatic carbocycles. The minimum atomic E-state index is 0.440. The molecule has 1 N–H and O–H groups in total. The molecule has 0 atom stereocenters. The molecule has 0 saturated heterocycles. The van der Waals surface area contributed by atoms with E-state index in [1.54, 1.807) is 12.1 Å². The van der Waals surface area contributed by atoms with Gasteiger partial charge in [-0.05, 0) is 36.2 Å². The van der Waals surface area contributed by atoms with Crippen LogP contribution in [0.5, 0.6) is 0 Å². The minimum Gasteiger partial charge on any atom is -0.380 e. The van der Waals surface area contributed by atoms with Gasteiger partial charge in [0.05, 0.1) is 20.8 Å². The number of hydrogen-bond acceptors (Lipinski definition) is 1. The summed E-state index contributed by atoms with van der Waals surface area (Å²) in [5.41, 5.74) is 2.86. The van der Waals surface area contributed by atoms with E-state index in [-0.39, 0.29) is 0 Å². The molecular weight excluding hydrogens is 324 g/mol. The van der Waals surface area contributed by atoms with Crippen LogP contribution in [0.4, 0.5) is 5.69 Å². The van der Waals surface area contributed by atoms with Crippen molar-refractivity contribution < 1.29 is 0 Å². The predicted octanol–water partition coefficient (Wildman–Crippen LogP) is 6.22. The SMILES string of the molecule is Cc1ccc(CNc2cc(Cl)c(Cl)cc2Cl)cc1Cl. The monoisotopic (exact) mass is 333 g/mol. The van der Waals surface area contributed by atoms with E-state index in [0.717, 1.165) is 21.8 Å². The maximum Gasteiger partial charge on any atom is 0.0653 e. The summed E-state index contributed by atoms with van der Waals surface area (Å²) in [5.74, 6) is 0. The van der Waals surface area contributed by atoms with Gasteiger partial charge in [-0.3, -0.25) is 0 Å². The largest absolute Gasteiger partial charge is 0.380 e. The van der Waals surface area contributed by atoms with Crippen molar-refractivity contribution in [1.29, 1.82) is 0 Å². The van der Waals surface area contributed by atoms with Crippen LogP contribution in [0.3, 0.4) is 0 Å². The Morgan fingerprint density at radius 1 is 0.842 bits per heavy atom. The molecule has 0 heterocycles. The Bertz CT molecular complexity index is 611. The van der Waals surface area contributed by atoms with E-state index in [4.69, 9.17) is 46.4 Å². The third-order valence-electron chi connectivity index (χ3n) is 2.73. The first kappa shape index (κ1) is 14.8. The topological polar surface area (TPSA) is 12.0 Å². The second-order valence-electron chi connectivity index (χ2n) is 4.18. The fourth-order valence-corrected chi connectivity index (χ4v) is 2.42. The molecule has 0 fully saturated rings. The van der Waals surface area contributed by atoms with Gasteiger partial charge in [0.15, 0.2) is 0 Å². The molecule has 2 aromatic rings. The van der Waals surface area contributed by atoms with Crippen LogP contribution in [-0.2, 0) is 6.54 Å². The molecule has 0 aliphatic heterocycles. The lowest BCUT2D eigenvalue weighted by atomic mass is 10.1. The van der Waals surface area contributed by atoms with Crippen LogP contribution in [0.25, 0.3) is 0 Å². The Labute approximate surface area is 132 Å². The van der Waals surface area contributed by atoms with Crippen LogP contribution in [0.1, 0.15) is 11.1 Å². The van der Waals surface area contributed by atoms with Crippen molar-refractivity contribution in [3.63, 3.8) is 0 Å². The number of halogens is 4. The smallest absolute Gasteiger partial charge is 0.0653 e. The van der Waals surface area contributed by atoms with Crippen molar-refractivity contribution in [1.82, 2.24) is 0 Å². The molecule has 0 spiro atoms. The second-order valence-corrected chi connectivity index (χ2v) is 5.81. The van der Waals surface area contributed by atoms with Crippen molar-refractivity contribution >= 4 is 52.1 Å². The summed E-state index contributed by atoms with van der Waals surface area (Å²) in [6.07, 6.45) is 0. The third-order valence-corrected chi connectivity index (χ3v) is 4.17. The Balaban J connectivity index is 2.14. The van der Waals surface area contributed by atoms with E-state index in [1.807, 2.05) is 25.1 Å². The molecule has 0 amide bonds. The maximum atomic E-state index is 6.09. The zero-order valence-corrected chi connectivity index (χ0v) is 13.1. The summed E-state index contributed by atoms with van der Waals surface area (Å²) < 4.78 is 0. The average molecular weight is 335 g/mol. The summed E-state index contributed by atoms with van der Waals surface area (Å²) in [5, 5.41) is 5.40. The van der Waals surface area contributed by atoms with Gasteiger partial charge in [0.25, 0.3) is 0 Å². The van der Waals surface area contributed by atoms with E-state index < -0.39 is 0 Å². The number of nitrogens with one attached hydrogen (secondary N) is 1. The number of rotatable bonds is 3. The molecule has 100 valence electrons. The highest BCUT2D eigenvalue weighted by Crippen LogP contribution is 2.32. The molecule has 1 nitrogen and oxygen atoms in total. The lowest BCUT2D eigenvalue weighted by Crippen LogP contribution is -2.00. The van der Waals surface area contributed by atoms with E-state index in [0.29, 0.717) is 21.6 Å². The summed E-state index contributed by atoms with van der Waals surface area (Å²) in [6, 6.07) is 9.25. The van der Waals surface area contributed by atoms with Crippen molar-refractivity contribution in [3.8, 4) is 0 Å². The van der Waals surface area contributed by atoms with Crippen LogP contribution >= 0.6 is 46.4 Å². The molecule has 0 aliphatic rings. The van der Waals surface area contributed by atoms with Gasteiger partial charge in [-0.1, -0.05) is 58.5 Å². The highest BCUT2D eigenvalue weighted by molar-refractivity contribution is 6.44. The van der Waals surface area contributed by atoms with E-state index in [9.17, 15) is 0 Å². The average Bonchev–Trinajstić information content (AvgIpc) is 2.36. The molecular formula is C14H11Cl4N. The number of hydrogen-bond donors (Lipinski definition) is 1. The first-order valence-corrected chi connectivity index (χ1v) is 7.12. The lowest BCUT2D eigenvalue weighted by Gasteiger charge is -2.10. The molecule has 5 heteroatoms. The second kappa shape index (κ2) is 6.23. The van der Waals surface area contributed by atoms with Crippen molar-refractivity contribution in [2.24, 2.45) is 0 Å². The summed E-state index contributed by atoms with van der Waals surface area (Å²) in [6.45, 7) is 2.58. The van der Waals surface area contributed by atoms with Crippen molar-refractivity contribution in [3.05, 3.63) is 61.5 Å². The quantitative estimate of drug-likeness (QED) is 0.657. The fourth-order valence-electron chi connectivity index (χ4n) is 1.60. The van der Waals surface area contributed by atoms with Crippen LogP contribution in [0.15, 0.2) is 30.3 Å². The Hall–Kier alpha value is -0.600. The van der Waals surface area contributed by atoms with Gasteiger partial charge < -0.3 is 5.32 Å². The lowest BCUT2D eigenvalue weighted by molar-refractivity contribution is 1.14. The minimum absolute atomic E-state index is 0.440. The van der Waals surface area contributed by atoms with Gasteiger partial charge in [-0.15, -0.1) is 0 Å². The molecule has 0 aromatic heterocycles. The maximum absolute atomic E-state index is 6.09. The van der Waals surface area contributed by atoms with Gasteiger partial charge >= 0.3 is 0 Å². The van der Waals surface area contributed by atoms with Crippen LogP contribution in [0.2, 0.25) is 20.1 Å². The number of anilines is 1. The number of benzene rings is 2. The zero-order valence-electron chi connectivity index (χ0n) is 10.1. The van der Waals surface area contributed by atoms with Gasteiger partial charge in [0, 0.05) is 11.6 Å². The van der Waals surface area contributed by atoms with Gasteiger partial charge in [0.1, 0.15) is 0 Å². The summed E-state index contributed by atoms with van der Waals surface area (Å²) >= 11 is 24.0. The number of aryl methyl sites for hydroxylation is 1. The van der Waals surface area contributed by atoms with E-state index >= 15 is 0 Å². The Kier molecular flexibility index (Phi) is 4.86. The summed E-state index contributed by atoms with van der Waals surface area (Å²) in [7, 11) is 0. The van der Waals surface area contributed by atoms with Gasteiger partial charge in [-0.2, -0.15) is 0 Å². The highest BCUT2D eigenvalue weighted by atomic mass is 35.5. The first-order chi connectivity index (χ1) is 8.97. The highest BCUT2D eigenvalue weighted by Gasteiger charge is 2.06. The standard InChI is InChI=1S/C14H11Cl4N/c1-8-2-3-9(4-10(8)15)7-19-14-6-12(17)11(16)5-13(14)18/h2-6,19H,7H2,1H3.